The fourth-order valence-electron chi connectivity index (χ4n) is 5.60. The standard InChI is InChI=1S/C41H27N5/c1-2-8-38-34(7-1)25-35(27-44-38)28-11-13-31(14-12-28)39-26-40(32-17-15-29(16-18-32)36-9-3-5-23-42-36)46-41(45-39)33-21-19-30(20-22-33)37-10-4-6-24-43-37/h1-27H. The van der Waals surface area contributed by atoms with Crippen LogP contribution in [0, 0.1) is 0 Å². The first-order chi connectivity index (χ1) is 22.8. The molecule has 4 aromatic heterocycles. The third kappa shape index (κ3) is 5.53. The van der Waals surface area contributed by atoms with E-state index in [0.717, 1.165) is 72.6 Å². The normalized spacial score (nSPS) is 11.0. The fourth-order valence-corrected chi connectivity index (χ4v) is 5.60. The monoisotopic (exact) mass is 589 g/mol. The average molecular weight is 590 g/mol. The highest BCUT2D eigenvalue weighted by atomic mass is 14.9. The van der Waals surface area contributed by atoms with Crippen LogP contribution in [0.25, 0.3) is 78.4 Å². The average Bonchev–Trinajstić information content (AvgIpc) is 3.15. The van der Waals surface area contributed by atoms with E-state index in [1.807, 2.05) is 73.2 Å². The maximum absolute atomic E-state index is 5.06. The van der Waals surface area contributed by atoms with Gasteiger partial charge in [0.15, 0.2) is 5.82 Å². The zero-order valence-corrected chi connectivity index (χ0v) is 24.8. The summed E-state index contributed by atoms with van der Waals surface area (Å²) in [5.41, 5.74) is 11.8. The summed E-state index contributed by atoms with van der Waals surface area (Å²) in [5, 5.41) is 1.12. The number of rotatable bonds is 6. The summed E-state index contributed by atoms with van der Waals surface area (Å²) in [6.07, 6.45) is 5.55. The smallest absolute Gasteiger partial charge is 0.160 e. The molecular formula is C41H27N5. The van der Waals surface area contributed by atoms with Gasteiger partial charge < -0.3 is 0 Å². The summed E-state index contributed by atoms with van der Waals surface area (Å²) in [5.74, 6) is 0.664. The van der Waals surface area contributed by atoms with E-state index in [2.05, 4.69) is 106 Å². The van der Waals surface area contributed by atoms with Gasteiger partial charge in [-0.3, -0.25) is 15.0 Å². The van der Waals surface area contributed by atoms with Crippen molar-refractivity contribution in [2.24, 2.45) is 0 Å². The maximum Gasteiger partial charge on any atom is 0.160 e. The Bertz CT molecular complexity index is 2160. The van der Waals surface area contributed by atoms with E-state index >= 15 is 0 Å². The fraction of sp³-hybridized carbons (Fsp3) is 0. The molecule has 0 spiro atoms. The molecule has 216 valence electrons. The van der Waals surface area contributed by atoms with Gasteiger partial charge in [0, 0.05) is 57.4 Å². The molecule has 0 radical (unpaired) electrons. The van der Waals surface area contributed by atoms with Crippen LogP contribution in [0.5, 0.6) is 0 Å². The Balaban J connectivity index is 1.18. The number of hydrogen-bond donors (Lipinski definition) is 0. The zero-order valence-electron chi connectivity index (χ0n) is 24.8. The molecule has 0 aliphatic heterocycles. The molecule has 0 unspecified atom stereocenters. The predicted octanol–water partition coefficient (Wildman–Crippen LogP) is 9.82. The van der Waals surface area contributed by atoms with Gasteiger partial charge in [-0.2, -0.15) is 0 Å². The molecule has 4 heterocycles. The lowest BCUT2D eigenvalue weighted by molar-refractivity contribution is 1.18. The minimum atomic E-state index is 0.664. The van der Waals surface area contributed by atoms with Crippen molar-refractivity contribution in [3.63, 3.8) is 0 Å². The molecule has 5 heteroatoms. The molecule has 0 fully saturated rings. The molecule has 0 saturated heterocycles. The van der Waals surface area contributed by atoms with Crippen molar-refractivity contribution >= 4 is 10.9 Å². The van der Waals surface area contributed by atoms with Gasteiger partial charge in [-0.15, -0.1) is 0 Å². The Morgan fingerprint density at radius 2 is 0.804 bits per heavy atom. The van der Waals surface area contributed by atoms with E-state index in [9.17, 15) is 0 Å². The number of para-hydroxylation sites is 1. The van der Waals surface area contributed by atoms with Crippen LogP contribution in [0.15, 0.2) is 164 Å². The number of fused-ring (bicyclic) bond motifs is 1. The molecule has 0 atom stereocenters. The van der Waals surface area contributed by atoms with Gasteiger partial charge in [-0.05, 0) is 48.0 Å². The molecule has 0 aliphatic rings. The van der Waals surface area contributed by atoms with Gasteiger partial charge in [0.2, 0.25) is 0 Å². The van der Waals surface area contributed by atoms with Gasteiger partial charge >= 0.3 is 0 Å². The topological polar surface area (TPSA) is 64.5 Å². The highest BCUT2D eigenvalue weighted by Gasteiger charge is 2.12. The summed E-state index contributed by atoms with van der Waals surface area (Å²) < 4.78 is 0. The highest BCUT2D eigenvalue weighted by Crippen LogP contribution is 2.31. The first kappa shape index (κ1) is 27.2. The van der Waals surface area contributed by atoms with E-state index in [1.54, 1.807) is 0 Å². The molecule has 5 nitrogen and oxygen atoms in total. The van der Waals surface area contributed by atoms with Crippen molar-refractivity contribution in [2.75, 3.05) is 0 Å². The molecule has 0 saturated carbocycles. The van der Waals surface area contributed by atoms with E-state index in [-0.39, 0.29) is 0 Å². The molecule has 4 aromatic carbocycles. The Kier molecular flexibility index (Phi) is 7.09. The second kappa shape index (κ2) is 12.0. The lowest BCUT2D eigenvalue weighted by Gasteiger charge is -2.11. The second-order valence-corrected chi connectivity index (χ2v) is 11.0. The number of hydrogen-bond acceptors (Lipinski definition) is 5. The van der Waals surface area contributed by atoms with Crippen LogP contribution in [0.3, 0.4) is 0 Å². The van der Waals surface area contributed by atoms with E-state index in [0.29, 0.717) is 5.82 Å². The van der Waals surface area contributed by atoms with Gasteiger partial charge in [-0.1, -0.05) is 103 Å². The minimum Gasteiger partial charge on any atom is -0.256 e. The number of nitrogens with zero attached hydrogens (tertiary/aromatic N) is 5. The Morgan fingerprint density at radius 3 is 1.35 bits per heavy atom. The highest BCUT2D eigenvalue weighted by molar-refractivity contribution is 5.84. The van der Waals surface area contributed by atoms with Crippen molar-refractivity contribution in [2.45, 2.75) is 0 Å². The summed E-state index contributed by atoms with van der Waals surface area (Å²) in [6, 6.07) is 49.4. The zero-order chi connectivity index (χ0) is 30.7. The minimum absolute atomic E-state index is 0.664. The molecule has 0 bridgehead atoms. The lowest BCUT2D eigenvalue weighted by Crippen LogP contribution is -1.96. The molecule has 0 amide bonds. The van der Waals surface area contributed by atoms with E-state index in [4.69, 9.17) is 9.97 Å². The largest absolute Gasteiger partial charge is 0.256 e. The van der Waals surface area contributed by atoms with E-state index in [1.165, 1.54) is 0 Å². The van der Waals surface area contributed by atoms with Gasteiger partial charge in [-0.25, -0.2) is 9.97 Å². The summed E-state index contributed by atoms with van der Waals surface area (Å²) in [7, 11) is 0. The maximum atomic E-state index is 5.06. The third-order valence-electron chi connectivity index (χ3n) is 8.08. The van der Waals surface area contributed by atoms with Crippen LogP contribution < -0.4 is 0 Å². The van der Waals surface area contributed by atoms with E-state index < -0.39 is 0 Å². The van der Waals surface area contributed by atoms with Crippen LogP contribution in [0.4, 0.5) is 0 Å². The number of pyridine rings is 3. The quantitative estimate of drug-likeness (QED) is 0.193. The van der Waals surface area contributed by atoms with Gasteiger partial charge in [0.05, 0.1) is 28.3 Å². The van der Waals surface area contributed by atoms with Crippen LogP contribution in [0.1, 0.15) is 0 Å². The summed E-state index contributed by atoms with van der Waals surface area (Å²) in [4.78, 5) is 23.7. The lowest BCUT2D eigenvalue weighted by atomic mass is 10.0. The van der Waals surface area contributed by atoms with Crippen LogP contribution >= 0.6 is 0 Å². The third-order valence-corrected chi connectivity index (χ3v) is 8.08. The summed E-state index contributed by atoms with van der Waals surface area (Å²) in [6.45, 7) is 0. The Labute approximate surface area is 267 Å². The van der Waals surface area contributed by atoms with Gasteiger partial charge in [0.25, 0.3) is 0 Å². The number of benzene rings is 4. The molecule has 0 aliphatic carbocycles. The molecule has 8 rings (SSSR count). The predicted molar refractivity (Wildman–Crippen MR) is 186 cm³/mol. The number of aromatic nitrogens is 5. The van der Waals surface area contributed by atoms with Crippen LogP contribution in [-0.4, -0.2) is 24.9 Å². The Hall–Kier alpha value is -6.33. The van der Waals surface area contributed by atoms with Crippen LogP contribution in [-0.2, 0) is 0 Å². The summed E-state index contributed by atoms with van der Waals surface area (Å²) >= 11 is 0. The Morgan fingerprint density at radius 1 is 0.326 bits per heavy atom. The SMILES string of the molecule is c1ccc(-c2ccc(-c3cc(-c4ccc(-c5cnc6ccccc6c5)cc4)nc(-c4ccc(-c5ccccn5)cc4)n3)cc2)nc1. The molecule has 0 N–H and O–H groups in total. The van der Waals surface area contributed by atoms with Crippen molar-refractivity contribution in [3.05, 3.63) is 164 Å². The van der Waals surface area contributed by atoms with Crippen LogP contribution in [0.2, 0.25) is 0 Å². The molecule has 46 heavy (non-hydrogen) atoms. The van der Waals surface area contributed by atoms with Crippen molar-refractivity contribution < 1.29 is 0 Å². The molecular weight excluding hydrogens is 562 g/mol. The van der Waals surface area contributed by atoms with Crippen molar-refractivity contribution in [3.8, 4) is 67.5 Å². The van der Waals surface area contributed by atoms with Crippen molar-refractivity contribution in [1.82, 2.24) is 24.9 Å². The van der Waals surface area contributed by atoms with Crippen molar-refractivity contribution in [1.29, 1.82) is 0 Å². The molecule has 8 aromatic rings. The first-order valence-corrected chi connectivity index (χ1v) is 15.2. The second-order valence-electron chi connectivity index (χ2n) is 11.0. The van der Waals surface area contributed by atoms with Gasteiger partial charge in [0.1, 0.15) is 0 Å². The first-order valence-electron chi connectivity index (χ1n) is 15.2.